The Morgan fingerprint density at radius 2 is 1.79 bits per heavy atom. The fourth-order valence-corrected chi connectivity index (χ4v) is 5.94. The van der Waals surface area contributed by atoms with Crippen molar-refractivity contribution in [2.45, 2.75) is 44.6 Å². The molecule has 0 unspecified atom stereocenters. The summed E-state index contributed by atoms with van der Waals surface area (Å²) in [5.74, 6) is 4.07. The van der Waals surface area contributed by atoms with Gasteiger partial charge in [-0.1, -0.05) is 0 Å². The predicted molar refractivity (Wildman–Crippen MR) is 74.5 cm³/mol. The largest absolute Gasteiger partial charge is 0.325 e. The number of thiazole rings is 1. The van der Waals surface area contributed by atoms with E-state index in [1.165, 1.54) is 43.4 Å². The smallest absolute Gasteiger partial charge is 0.128 e. The van der Waals surface area contributed by atoms with E-state index in [-0.39, 0.29) is 0 Å². The molecular weight excluding hydrogens is 254 g/mol. The zero-order chi connectivity index (χ0) is 13.0. The lowest BCUT2D eigenvalue weighted by Gasteiger charge is -2.54. The molecule has 0 radical (unpaired) electrons. The number of hydrogen-bond donors (Lipinski definition) is 1. The van der Waals surface area contributed by atoms with Gasteiger partial charge in [0.15, 0.2) is 0 Å². The molecule has 2 N–H and O–H groups in total. The first-order chi connectivity index (χ1) is 9.28. The Hall–Kier alpha value is -0.920. The molecule has 4 fully saturated rings. The van der Waals surface area contributed by atoms with Gasteiger partial charge in [0, 0.05) is 12.5 Å². The Morgan fingerprint density at radius 1 is 1.16 bits per heavy atom. The van der Waals surface area contributed by atoms with E-state index in [1.807, 2.05) is 0 Å². The maximum atomic E-state index is 9.36. The highest BCUT2D eigenvalue weighted by Gasteiger charge is 2.49. The fraction of sp³-hybridized carbons (Fsp3) is 0.733. The van der Waals surface area contributed by atoms with Crippen LogP contribution in [-0.2, 0) is 6.54 Å². The van der Waals surface area contributed by atoms with E-state index in [0.29, 0.717) is 12.5 Å². The first kappa shape index (κ1) is 11.9. The third-order valence-electron chi connectivity index (χ3n) is 5.52. The molecule has 3 nitrogen and oxygen atoms in total. The topological polar surface area (TPSA) is 62.7 Å². The molecule has 0 spiro atoms. The minimum atomic E-state index is 0.465. The molecule has 0 aromatic carbocycles. The van der Waals surface area contributed by atoms with Crippen molar-refractivity contribution < 1.29 is 0 Å². The van der Waals surface area contributed by atoms with E-state index in [4.69, 9.17) is 10.7 Å². The monoisotopic (exact) mass is 273 g/mol. The summed E-state index contributed by atoms with van der Waals surface area (Å²) in [7, 11) is 0. The number of rotatable bonds is 2. The van der Waals surface area contributed by atoms with E-state index in [2.05, 4.69) is 6.07 Å². The average molecular weight is 273 g/mol. The van der Waals surface area contributed by atoms with Crippen LogP contribution in [0.25, 0.3) is 0 Å². The lowest BCUT2D eigenvalue weighted by Crippen LogP contribution is -2.44. The first-order valence-corrected chi connectivity index (χ1v) is 8.20. The molecule has 0 aliphatic heterocycles. The molecule has 4 saturated carbocycles. The molecule has 4 aliphatic rings. The molecule has 0 amide bonds. The van der Waals surface area contributed by atoms with E-state index in [1.54, 1.807) is 0 Å². The van der Waals surface area contributed by atoms with E-state index in [9.17, 15) is 5.26 Å². The maximum absolute atomic E-state index is 9.36. The number of nitrogens with zero attached hydrogens (tertiary/aromatic N) is 2. The van der Waals surface area contributed by atoms with Crippen molar-refractivity contribution in [3.8, 4) is 6.07 Å². The number of aromatic nitrogens is 1. The van der Waals surface area contributed by atoms with Crippen molar-refractivity contribution in [2.75, 3.05) is 0 Å². The summed E-state index contributed by atoms with van der Waals surface area (Å²) in [5, 5.41) is 10.3. The van der Waals surface area contributed by atoms with Crippen LogP contribution in [0.2, 0.25) is 0 Å². The van der Waals surface area contributed by atoms with Gasteiger partial charge in [0.2, 0.25) is 0 Å². The summed E-state index contributed by atoms with van der Waals surface area (Å²) in [5.41, 5.74) is 6.80. The SMILES string of the molecule is N#Cc1sc(CN)nc1C1C2CC3CC(C2)CC1C3. The molecule has 4 heteroatoms. The second-order valence-electron chi connectivity index (χ2n) is 6.59. The van der Waals surface area contributed by atoms with Crippen molar-refractivity contribution in [3.05, 3.63) is 15.6 Å². The lowest BCUT2D eigenvalue weighted by molar-refractivity contribution is -0.00408. The maximum Gasteiger partial charge on any atom is 0.128 e. The molecule has 19 heavy (non-hydrogen) atoms. The lowest BCUT2D eigenvalue weighted by atomic mass is 9.51. The minimum Gasteiger partial charge on any atom is -0.325 e. The predicted octanol–water partition coefficient (Wildman–Crippen LogP) is 3.01. The zero-order valence-corrected chi connectivity index (χ0v) is 11.8. The van der Waals surface area contributed by atoms with Crippen LogP contribution >= 0.6 is 11.3 Å². The molecule has 0 saturated heterocycles. The quantitative estimate of drug-likeness (QED) is 0.901. The van der Waals surface area contributed by atoms with Gasteiger partial charge in [0.1, 0.15) is 16.0 Å². The molecular formula is C15H19N3S. The highest BCUT2D eigenvalue weighted by atomic mass is 32.1. The molecule has 1 aromatic heterocycles. The van der Waals surface area contributed by atoms with E-state index >= 15 is 0 Å². The van der Waals surface area contributed by atoms with Crippen LogP contribution in [0.4, 0.5) is 0 Å². The molecule has 1 heterocycles. The van der Waals surface area contributed by atoms with Gasteiger partial charge < -0.3 is 5.73 Å². The number of nitrogens with two attached hydrogens (primary N) is 1. The second-order valence-corrected chi connectivity index (χ2v) is 7.68. The zero-order valence-electron chi connectivity index (χ0n) is 11.0. The van der Waals surface area contributed by atoms with Crippen LogP contribution < -0.4 is 5.73 Å². The Bertz CT molecular complexity index is 514. The Morgan fingerprint density at radius 3 is 2.32 bits per heavy atom. The normalized spacial score (nSPS) is 39.5. The van der Waals surface area contributed by atoms with Crippen LogP contribution in [-0.4, -0.2) is 4.98 Å². The summed E-state index contributed by atoms with van der Waals surface area (Å²) in [6, 6.07) is 2.36. The number of hydrogen-bond acceptors (Lipinski definition) is 4. The summed E-state index contributed by atoms with van der Waals surface area (Å²) in [6.45, 7) is 0.465. The Balaban J connectivity index is 1.73. The van der Waals surface area contributed by atoms with Gasteiger partial charge in [0.25, 0.3) is 0 Å². The van der Waals surface area contributed by atoms with Gasteiger partial charge in [-0.15, -0.1) is 11.3 Å². The van der Waals surface area contributed by atoms with Gasteiger partial charge in [-0.2, -0.15) is 5.26 Å². The molecule has 100 valence electrons. The number of nitriles is 1. The molecule has 1 aromatic rings. The summed E-state index contributed by atoms with van der Waals surface area (Å²) < 4.78 is 0. The standard InChI is InChI=1S/C15H19N3S/c16-6-12-15(18-13(7-17)19-12)14-10-2-8-1-9(4-10)5-11(14)3-8/h8-11,14H,1-5,7,17H2. The molecule has 4 aliphatic carbocycles. The highest BCUT2D eigenvalue weighted by Crippen LogP contribution is 2.60. The first-order valence-electron chi connectivity index (χ1n) is 7.38. The Kier molecular flexibility index (Phi) is 2.68. The third-order valence-corrected chi connectivity index (χ3v) is 6.51. The van der Waals surface area contributed by atoms with Gasteiger partial charge >= 0.3 is 0 Å². The minimum absolute atomic E-state index is 0.465. The van der Waals surface area contributed by atoms with Crippen LogP contribution in [0, 0.1) is 35.0 Å². The summed E-state index contributed by atoms with van der Waals surface area (Å²) in [4.78, 5) is 5.55. The van der Waals surface area contributed by atoms with Crippen molar-refractivity contribution in [2.24, 2.45) is 29.4 Å². The fourth-order valence-electron chi connectivity index (χ4n) is 5.14. The van der Waals surface area contributed by atoms with E-state index in [0.717, 1.165) is 39.3 Å². The van der Waals surface area contributed by atoms with Gasteiger partial charge in [-0.25, -0.2) is 4.98 Å². The van der Waals surface area contributed by atoms with Crippen molar-refractivity contribution in [3.63, 3.8) is 0 Å². The average Bonchev–Trinajstić information content (AvgIpc) is 2.81. The van der Waals surface area contributed by atoms with Crippen molar-refractivity contribution >= 4 is 11.3 Å². The molecule has 4 bridgehead atoms. The van der Waals surface area contributed by atoms with Crippen LogP contribution in [0.3, 0.4) is 0 Å². The van der Waals surface area contributed by atoms with E-state index < -0.39 is 0 Å². The molecule has 5 rings (SSSR count). The second kappa shape index (κ2) is 4.29. The van der Waals surface area contributed by atoms with Gasteiger partial charge in [-0.3, -0.25) is 0 Å². The summed E-state index contributed by atoms with van der Waals surface area (Å²) >= 11 is 1.51. The van der Waals surface area contributed by atoms with Gasteiger partial charge in [0.05, 0.1) is 5.69 Å². The summed E-state index contributed by atoms with van der Waals surface area (Å²) in [6.07, 6.45) is 6.96. The Labute approximate surface area is 117 Å². The van der Waals surface area contributed by atoms with Crippen LogP contribution in [0.1, 0.15) is 53.6 Å². The van der Waals surface area contributed by atoms with Crippen LogP contribution in [0.5, 0.6) is 0 Å². The van der Waals surface area contributed by atoms with Crippen molar-refractivity contribution in [1.82, 2.24) is 4.98 Å². The molecule has 0 atom stereocenters. The van der Waals surface area contributed by atoms with Gasteiger partial charge in [-0.05, 0) is 55.8 Å². The van der Waals surface area contributed by atoms with Crippen LogP contribution in [0.15, 0.2) is 0 Å². The van der Waals surface area contributed by atoms with Crippen molar-refractivity contribution in [1.29, 1.82) is 5.26 Å². The third kappa shape index (κ3) is 1.75. The highest BCUT2D eigenvalue weighted by molar-refractivity contribution is 7.12.